The second-order valence-electron chi connectivity index (χ2n) is 7.59. The summed E-state index contributed by atoms with van der Waals surface area (Å²) in [5.41, 5.74) is 5.23. The van der Waals surface area contributed by atoms with E-state index in [1.54, 1.807) is 13.8 Å². The fourth-order valence-electron chi connectivity index (χ4n) is 3.32. The lowest BCUT2D eigenvalue weighted by Gasteiger charge is -2.14. The van der Waals surface area contributed by atoms with Crippen LogP contribution in [0.2, 0.25) is 0 Å². The van der Waals surface area contributed by atoms with Crippen molar-refractivity contribution in [1.82, 2.24) is 9.44 Å². The Labute approximate surface area is 167 Å². The van der Waals surface area contributed by atoms with Gasteiger partial charge in [-0.2, -0.15) is 0 Å². The molecule has 2 aromatic rings. The van der Waals surface area contributed by atoms with Gasteiger partial charge in [0, 0.05) is 12.6 Å². The number of nitrogens with one attached hydrogen (secondary N) is 2. The summed E-state index contributed by atoms with van der Waals surface area (Å²) in [7, 11) is -6.53. The van der Waals surface area contributed by atoms with Crippen LogP contribution in [0.3, 0.4) is 0 Å². The lowest BCUT2D eigenvalue weighted by molar-refractivity contribution is 0.547. The highest BCUT2D eigenvalue weighted by molar-refractivity contribution is 7.90. The number of fused-ring (bicyclic) bond motifs is 1. The highest BCUT2D eigenvalue weighted by Gasteiger charge is 2.27. The number of rotatable bonds is 7. The Kier molecular flexibility index (Phi) is 5.95. The molecular weight excluding hydrogens is 396 g/mol. The third kappa shape index (κ3) is 5.20. The van der Waals surface area contributed by atoms with Gasteiger partial charge in [-0.1, -0.05) is 36.4 Å². The molecule has 2 N–H and O–H groups in total. The van der Waals surface area contributed by atoms with Gasteiger partial charge in [-0.3, -0.25) is 0 Å². The molecule has 0 radical (unpaired) electrons. The molecule has 1 atom stereocenters. The molecule has 0 aliphatic heterocycles. The SMILES string of the molecule is CC(C)S(=O)(=O)NC1Cc2ccc(-c3cccc(CNS(C)(=O)=O)c3)cc2C1. The van der Waals surface area contributed by atoms with Crippen molar-refractivity contribution in [3.63, 3.8) is 0 Å². The van der Waals surface area contributed by atoms with E-state index in [0.29, 0.717) is 12.8 Å². The van der Waals surface area contributed by atoms with Crippen molar-refractivity contribution < 1.29 is 16.8 Å². The third-order valence-corrected chi connectivity index (χ3v) is 7.46. The molecule has 0 aromatic heterocycles. The largest absolute Gasteiger partial charge is 0.214 e. The van der Waals surface area contributed by atoms with Gasteiger partial charge in [-0.05, 0) is 60.6 Å². The molecule has 0 bridgehead atoms. The van der Waals surface area contributed by atoms with E-state index < -0.39 is 25.3 Å². The van der Waals surface area contributed by atoms with E-state index in [1.807, 2.05) is 30.3 Å². The number of sulfonamides is 2. The van der Waals surface area contributed by atoms with E-state index in [4.69, 9.17) is 0 Å². The van der Waals surface area contributed by atoms with Crippen LogP contribution in [0, 0.1) is 0 Å². The molecule has 0 saturated heterocycles. The van der Waals surface area contributed by atoms with Crippen LogP contribution in [-0.2, 0) is 39.4 Å². The molecule has 8 heteroatoms. The number of hydrogen-bond donors (Lipinski definition) is 2. The predicted octanol–water partition coefficient (Wildman–Crippen LogP) is 2.20. The van der Waals surface area contributed by atoms with Gasteiger partial charge >= 0.3 is 0 Å². The first-order chi connectivity index (χ1) is 13.0. The fourth-order valence-corrected chi connectivity index (χ4v) is 4.66. The summed E-state index contributed by atoms with van der Waals surface area (Å²) in [6.45, 7) is 3.60. The summed E-state index contributed by atoms with van der Waals surface area (Å²) in [6, 6.07) is 13.8. The summed E-state index contributed by atoms with van der Waals surface area (Å²) >= 11 is 0. The molecule has 152 valence electrons. The first kappa shape index (κ1) is 21.0. The number of hydrogen-bond acceptors (Lipinski definition) is 4. The zero-order valence-electron chi connectivity index (χ0n) is 16.3. The molecule has 28 heavy (non-hydrogen) atoms. The Morgan fingerprint density at radius 2 is 1.64 bits per heavy atom. The van der Waals surface area contributed by atoms with Crippen molar-refractivity contribution in [2.75, 3.05) is 6.26 Å². The van der Waals surface area contributed by atoms with Crippen LogP contribution in [0.5, 0.6) is 0 Å². The van der Waals surface area contributed by atoms with Gasteiger partial charge < -0.3 is 0 Å². The van der Waals surface area contributed by atoms with Gasteiger partial charge in [0.25, 0.3) is 0 Å². The Balaban J connectivity index is 1.77. The van der Waals surface area contributed by atoms with E-state index >= 15 is 0 Å². The highest BCUT2D eigenvalue weighted by Crippen LogP contribution is 2.29. The van der Waals surface area contributed by atoms with Gasteiger partial charge in [0.05, 0.1) is 11.5 Å². The highest BCUT2D eigenvalue weighted by atomic mass is 32.2. The minimum absolute atomic E-state index is 0.108. The van der Waals surface area contributed by atoms with E-state index in [1.165, 1.54) is 0 Å². The summed E-state index contributed by atoms with van der Waals surface area (Å²) in [4.78, 5) is 0. The van der Waals surface area contributed by atoms with Crippen molar-refractivity contribution in [3.8, 4) is 11.1 Å². The van der Waals surface area contributed by atoms with Crippen LogP contribution in [0.25, 0.3) is 11.1 Å². The van der Waals surface area contributed by atoms with Crippen molar-refractivity contribution in [2.24, 2.45) is 0 Å². The van der Waals surface area contributed by atoms with E-state index in [0.717, 1.165) is 34.1 Å². The molecule has 6 nitrogen and oxygen atoms in total. The average molecular weight is 423 g/mol. The summed E-state index contributed by atoms with van der Waals surface area (Å²) in [5, 5.41) is -0.449. The van der Waals surface area contributed by atoms with Gasteiger partial charge in [0.2, 0.25) is 20.0 Å². The predicted molar refractivity (Wildman–Crippen MR) is 112 cm³/mol. The standard InChI is InChI=1S/C20H26N2O4S2/c1-14(2)28(25,26)22-20-11-18-8-7-17(10-19(18)12-20)16-6-4-5-15(9-16)13-21-27(3,23)24/h4-10,14,20-22H,11-13H2,1-3H3. The first-order valence-electron chi connectivity index (χ1n) is 9.20. The smallest absolute Gasteiger partial charge is 0.213 e. The van der Waals surface area contributed by atoms with Crippen molar-refractivity contribution >= 4 is 20.0 Å². The van der Waals surface area contributed by atoms with Crippen molar-refractivity contribution in [3.05, 3.63) is 59.2 Å². The van der Waals surface area contributed by atoms with Crippen LogP contribution >= 0.6 is 0 Å². The van der Waals surface area contributed by atoms with Crippen LogP contribution in [-0.4, -0.2) is 34.4 Å². The topological polar surface area (TPSA) is 92.3 Å². The molecule has 0 amide bonds. The van der Waals surface area contributed by atoms with Crippen molar-refractivity contribution in [2.45, 2.75) is 44.5 Å². The van der Waals surface area contributed by atoms with E-state index in [9.17, 15) is 16.8 Å². The van der Waals surface area contributed by atoms with Crippen LogP contribution in [0.4, 0.5) is 0 Å². The maximum absolute atomic E-state index is 12.1. The van der Waals surface area contributed by atoms with Crippen LogP contribution in [0.1, 0.15) is 30.5 Å². The molecular formula is C20H26N2O4S2. The third-order valence-electron chi connectivity index (χ3n) is 4.89. The number of benzene rings is 2. The first-order valence-corrected chi connectivity index (χ1v) is 12.6. The quantitative estimate of drug-likeness (QED) is 0.715. The van der Waals surface area contributed by atoms with Gasteiger partial charge in [-0.25, -0.2) is 26.3 Å². The zero-order valence-corrected chi connectivity index (χ0v) is 17.9. The molecule has 0 saturated carbocycles. The molecule has 0 spiro atoms. The zero-order chi connectivity index (χ0) is 20.5. The second-order valence-corrected chi connectivity index (χ2v) is 11.7. The molecule has 1 aliphatic rings. The van der Waals surface area contributed by atoms with Crippen LogP contribution < -0.4 is 9.44 Å². The molecule has 2 aromatic carbocycles. The molecule has 0 heterocycles. The molecule has 1 unspecified atom stereocenters. The molecule has 1 aliphatic carbocycles. The van der Waals surface area contributed by atoms with Gasteiger partial charge in [0.15, 0.2) is 0 Å². The Morgan fingerprint density at radius 1 is 0.964 bits per heavy atom. The lowest BCUT2D eigenvalue weighted by Crippen LogP contribution is -2.39. The Bertz CT molecular complexity index is 1080. The van der Waals surface area contributed by atoms with Gasteiger partial charge in [0.1, 0.15) is 0 Å². The van der Waals surface area contributed by atoms with E-state index in [2.05, 4.69) is 21.6 Å². The lowest BCUT2D eigenvalue weighted by atomic mass is 9.99. The monoisotopic (exact) mass is 422 g/mol. The minimum Gasteiger partial charge on any atom is -0.213 e. The maximum atomic E-state index is 12.1. The Morgan fingerprint density at radius 3 is 2.32 bits per heavy atom. The van der Waals surface area contributed by atoms with E-state index in [-0.39, 0.29) is 12.6 Å². The fraction of sp³-hybridized carbons (Fsp3) is 0.400. The maximum Gasteiger partial charge on any atom is 0.214 e. The van der Waals surface area contributed by atoms with Crippen LogP contribution in [0.15, 0.2) is 42.5 Å². The van der Waals surface area contributed by atoms with Gasteiger partial charge in [-0.15, -0.1) is 0 Å². The second kappa shape index (κ2) is 7.94. The molecule has 0 fully saturated rings. The van der Waals surface area contributed by atoms with Crippen molar-refractivity contribution in [1.29, 1.82) is 0 Å². The normalized spacial score (nSPS) is 17.1. The average Bonchev–Trinajstić information content (AvgIpc) is 3.00. The summed E-state index contributed by atoms with van der Waals surface area (Å²) in [6.07, 6.45) is 2.51. The molecule has 3 rings (SSSR count). The summed E-state index contributed by atoms with van der Waals surface area (Å²) < 4.78 is 52.2. The minimum atomic E-state index is -3.29. The Hall–Kier alpha value is -1.74. The summed E-state index contributed by atoms with van der Waals surface area (Å²) in [5.74, 6) is 0.